The van der Waals surface area contributed by atoms with Gasteiger partial charge in [-0.05, 0) is 32.3 Å². The van der Waals surface area contributed by atoms with E-state index in [1.165, 1.54) is 0 Å². The first kappa shape index (κ1) is 14.6. The summed E-state index contributed by atoms with van der Waals surface area (Å²) in [6.07, 6.45) is 0.918. The van der Waals surface area contributed by atoms with Gasteiger partial charge in [-0.2, -0.15) is 0 Å². The van der Waals surface area contributed by atoms with Gasteiger partial charge >= 0.3 is 0 Å². The van der Waals surface area contributed by atoms with Crippen molar-refractivity contribution in [3.05, 3.63) is 21.4 Å². The van der Waals surface area contributed by atoms with Gasteiger partial charge in [-0.15, -0.1) is 11.3 Å². The van der Waals surface area contributed by atoms with Gasteiger partial charge in [-0.1, -0.05) is 13.8 Å². The highest BCUT2D eigenvalue weighted by atomic mass is 32.2. The lowest BCUT2D eigenvalue weighted by Gasteiger charge is -2.04. The zero-order chi connectivity index (χ0) is 13.0. The van der Waals surface area contributed by atoms with Gasteiger partial charge in [0.25, 0.3) is 0 Å². The zero-order valence-corrected chi connectivity index (χ0v) is 12.5. The van der Waals surface area contributed by atoms with Crippen LogP contribution < -0.4 is 0 Å². The van der Waals surface area contributed by atoms with Crippen LogP contribution >= 0.6 is 11.3 Å². The van der Waals surface area contributed by atoms with Crippen molar-refractivity contribution >= 4 is 27.9 Å². The molecule has 1 unspecified atom stereocenters. The molecular formula is C13H20O2S2. The van der Waals surface area contributed by atoms with Crippen molar-refractivity contribution in [1.29, 1.82) is 0 Å². The quantitative estimate of drug-likeness (QED) is 0.744. The van der Waals surface area contributed by atoms with Gasteiger partial charge in [0, 0.05) is 31.9 Å². The third kappa shape index (κ3) is 4.72. The minimum Gasteiger partial charge on any atom is -0.293 e. The molecule has 96 valence electrons. The van der Waals surface area contributed by atoms with Crippen LogP contribution in [0.5, 0.6) is 0 Å². The molecule has 17 heavy (non-hydrogen) atoms. The highest BCUT2D eigenvalue weighted by molar-refractivity contribution is 7.85. The molecule has 0 saturated carbocycles. The van der Waals surface area contributed by atoms with Crippen LogP contribution in [0.1, 0.15) is 40.4 Å². The molecule has 2 nitrogen and oxygen atoms in total. The Bertz CT molecular complexity index is 419. The van der Waals surface area contributed by atoms with Crippen molar-refractivity contribution in [2.45, 2.75) is 34.1 Å². The lowest BCUT2D eigenvalue weighted by atomic mass is 10.2. The van der Waals surface area contributed by atoms with Crippen LogP contribution in [0, 0.1) is 19.8 Å². The Kier molecular flexibility index (Phi) is 5.53. The van der Waals surface area contributed by atoms with Crippen LogP contribution in [0.25, 0.3) is 0 Å². The lowest BCUT2D eigenvalue weighted by Crippen LogP contribution is -2.14. The second-order valence-corrected chi connectivity index (χ2v) is 7.76. The van der Waals surface area contributed by atoms with E-state index in [4.69, 9.17) is 0 Å². The second kappa shape index (κ2) is 6.45. The summed E-state index contributed by atoms with van der Waals surface area (Å²) in [5.74, 6) is 1.36. The van der Waals surface area contributed by atoms with Gasteiger partial charge < -0.3 is 0 Å². The summed E-state index contributed by atoms with van der Waals surface area (Å²) in [6, 6.07) is 1.90. The molecule has 1 aromatic rings. The number of Topliss-reactive ketones (excluding diaryl/α,β-unsaturated/α-hetero) is 1. The van der Waals surface area contributed by atoms with E-state index in [9.17, 15) is 9.00 Å². The molecule has 0 aromatic carbocycles. The summed E-state index contributed by atoms with van der Waals surface area (Å²) < 4.78 is 11.7. The van der Waals surface area contributed by atoms with Crippen LogP contribution in [0.2, 0.25) is 0 Å². The Morgan fingerprint density at radius 1 is 1.41 bits per heavy atom. The van der Waals surface area contributed by atoms with Crippen LogP contribution in [0.4, 0.5) is 0 Å². The normalized spacial score (nSPS) is 13.0. The van der Waals surface area contributed by atoms with Crippen LogP contribution in [0.15, 0.2) is 6.07 Å². The summed E-state index contributed by atoms with van der Waals surface area (Å²) in [5.41, 5.74) is 0.755. The van der Waals surface area contributed by atoms with Gasteiger partial charge in [-0.3, -0.25) is 9.00 Å². The minimum atomic E-state index is -1.02. The monoisotopic (exact) mass is 272 g/mol. The maximum Gasteiger partial charge on any atom is 0.176 e. The molecule has 0 radical (unpaired) electrons. The number of hydrogen-bond acceptors (Lipinski definition) is 3. The SMILES string of the molecule is Cc1cc(C(=O)CS(=O)CCC(C)C)c(C)s1. The molecule has 1 aromatic heterocycles. The van der Waals surface area contributed by atoms with E-state index in [2.05, 4.69) is 13.8 Å². The summed E-state index contributed by atoms with van der Waals surface area (Å²) in [4.78, 5) is 14.1. The Morgan fingerprint density at radius 2 is 2.06 bits per heavy atom. The zero-order valence-electron chi connectivity index (χ0n) is 10.9. The first-order valence-electron chi connectivity index (χ1n) is 5.85. The Hall–Kier alpha value is -0.480. The number of hydrogen-bond donors (Lipinski definition) is 0. The molecule has 1 heterocycles. The number of aryl methyl sites for hydroxylation is 2. The second-order valence-electron chi connectivity index (χ2n) is 4.72. The lowest BCUT2D eigenvalue weighted by molar-refractivity contribution is 0.102. The van der Waals surface area contributed by atoms with Gasteiger partial charge in [0.2, 0.25) is 0 Å². The molecule has 0 aliphatic rings. The van der Waals surface area contributed by atoms with E-state index < -0.39 is 10.8 Å². The molecule has 0 fully saturated rings. The van der Waals surface area contributed by atoms with Gasteiger partial charge in [0.05, 0.1) is 5.75 Å². The molecule has 4 heteroatoms. The Balaban J connectivity index is 2.55. The summed E-state index contributed by atoms with van der Waals surface area (Å²) >= 11 is 1.62. The fraction of sp³-hybridized carbons (Fsp3) is 0.615. The third-order valence-electron chi connectivity index (χ3n) is 2.56. The third-order valence-corrected chi connectivity index (χ3v) is 4.80. The van der Waals surface area contributed by atoms with Crippen molar-refractivity contribution in [1.82, 2.24) is 0 Å². The molecule has 1 rings (SSSR count). The van der Waals surface area contributed by atoms with Gasteiger partial charge in [0.15, 0.2) is 5.78 Å². The van der Waals surface area contributed by atoms with Crippen molar-refractivity contribution in [2.24, 2.45) is 5.92 Å². The smallest absolute Gasteiger partial charge is 0.176 e. The molecule has 0 aliphatic heterocycles. The molecule has 0 N–H and O–H groups in total. The van der Waals surface area contributed by atoms with E-state index in [1.54, 1.807) is 11.3 Å². The summed E-state index contributed by atoms with van der Waals surface area (Å²) in [7, 11) is -1.02. The molecular weight excluding hydrogens is 252 g/mol. The van der Waals surface area contributed by atoms with Crippen molar-refractivity contribution < 1.29 is 9.00 Å². The number of rotatable bonds is 6. The molecule has 0 bridgehead atoms. The summed E-state index contributed by atoms with van der Waals surface area (Å²) in [6.45, 7) is 8.14. The average Bonchev–Trinajstić information content (AvgIpc) is 2.55. The topological polar surface area (TPSA) is 34.1 Å². The van der Waals surface area contributed by atoms with Crippen LogP contribution in [-0.2, 0) is 10.8 Å². The van der Waals surface area contributed by atoms with E-state index in [0.717, 1.165) is 21.7 Å². The number of thiophene rings is 1. The van der Waals surface area contributed by atoms with E-state index in [1.807, 2.05) is 19.9 Å². The number of carbonyl (C=O) groups is 1. The standard InChI is InChI=1S/C13H20O2S2/c1-9(2)5-6-17(15)8-13(14)12-7-10(3)16-11(12)4/h7,9H,5-6,8H2,1-4H3. The van der Waals surface area contributed by atoms with Crippen LogP contribution in [0.3, 0.4) is 0 Å². The first-order valence-corrected chi connectivity index (χ1v) is 8.15. The van der Waals surface area contributed by atoms with Crippen molar-refractivity contribution in [3.63, 3.8) is 0 Å². The highest BCUT2D eigenvalue weighted by Crippen LogP contribution is 2.21. The minimum absolute atomic E-state index is 0.0222. The molecule has 1 atom stereocenters. The molecule has 0 amide bonds. The largest absolute Gasteiger partial charge is 0.293 e. The molecule has 0 aliphatic carbocycles. The van der Waals surface area contributed by atoms with Crippen LogP contribution in [-0.4, -0.2) is 21.5 Å². The predicted molar refractivity (Wildman–Crippen MR) is 75.5 cm³/mol. The Morgan fingerprint density at radius 3 is 2.53 bits per heavy atom. The fourth-order valence-corrected chi connectivity index (χ4v) is 3.84. The molecule has 0 spiro atoms. The van der Waals surface area contributed by atoms with E-state index in [0.29, 0.717) is 11.7 Å². The van der Waals surface area contributed by atoms with Gasteiger partial charge in [0.1, 0.15) is 0 Å². The highest BCUT2D eigenvalue weighted by Gasteiger charge is 2.15. The van der Waals surface area contributed by atoms with Crippen molar-refractivity contribution in [3.8, 4) is 0 Å². The van der Waals surface area contributed by atoms with Gasteiger partial charge in [-0.25, -0.2) is 0 Å². The van der Waals surface area contributed by atoms with E-state index in [-0.39, 0.29) is 11.5 Å². The average molecular weight is 272 g/mol. The van der Waals surface area contributed by atoms with Crippen molar-refractivity contribution in [2.75, 3.05) is 11.5 Å². The fourth-order valence-electron chi connectivity index (χ4n) is 1.57. The molecule has 0 saturated heterocycles. The Labute approximate surface area is 110 Å². The summed E-state index contributed by atoms with van der Waals surface area (Å²) in [5, 5.41) is 0. The van der Waals surface area contributed by atoms with E-state index >= 15 is 0 Å². The number of carbonyl (C=O) groups excluding carboxylic acids is 1. The maximum absolute atomic E-state index is 11.9. The predicted octanol–water partition coefficient (Wildman–Crippen LogP) is 3.34. The number of ketones is 1. The first-order chi connectivity index (χ1) is 7.90. The maximum atomic E-state index is 11.9.